The number of rotatable bonds is 1. The molecular weight excluding hydrogens is 351 g/mol. The topological polar surface area (TPSA) is 33.4 Å². The van der Waals surface area contributed by atoms with Gasteiger partial charge in [-0.05, 0) is 47.2 Å². The average molecular weight is 363 g/mol. The summed E-state index contributed by atoms with van der Waals surface area (Å²) in [6.45, 7) is 0. The van der Waals surface area contributed by atoms with Gasteiger partial charge in [-0.1, -0.05) is 41.9 Å². The fourth-order valence-electron chi connectivity index (χ4n) is 3.58. The van der Waals surface area contributed by atoms with E-state index in [1.54, 1.807) is 6.07 Å². The van der Waals surface area contributed by atoms with E-state index in [4.69, 9.17) is 16.0 Å². The molecule has 0 fully saturated rings. The van der Waals surface area contributed by atoms with E-state index in [0.717, 1.165) is 16.2 Å². The Balaban J connectivity index is 2.05. The van der Waals surface area contributed by atoms with Gasteiger partial charge >= 0.3 is 0 Å². The second-order valence-electron chi connectivity index (χ2n) is 6.22. The molecule has 0 aliphatic heterocycles. The second-order valence-corrected chi connectivity index (χ2v) is 6.66. The number of aromatic hydroxyl groups is 1. The minimum absolute atomic E-state index is 0.0192. The summed E-state index contributed by atoms with van der Waals surface area (Å²) in [6, 6.07) is 19.3. The van der Waals surface area contributed by atoms with Crippen molar-refractivity contribution in [2.45, 2.75) is 0 Å². The molecule has 0 atom stereocenters. The minimum Gasteiger partial charge on any atom is -0.507 e. The molecule has 0 amide bonds. The van der Waals surface area contributed by atoms with Gasteiger partial charge < -0.3 is 9.52 Å². The van der Waals surface area contributed by atoms with Crippen molar-refractivity contribution in [2.24, 2.45) is 0 Å². The molecule has 5 rings (SSSR count). The Labute approximate surface area is 153 Å². The van der Waals surface area contributed by atoms with Crippen LogP contribution in [0.3, 0.4) is 0 Å². The Kier molecular flexibility index (Phi) is 3.21. The van der Waals surface area contributed by atoms with Crippen LogP contribution in [0, 0.1) is 5.82 Å². The van der Waals surface area contributed by atoms with Gasteiger partial charge in [0.25, 0.3) is 0 Å². The van der Waals surface area contributed by atoms with E-state index in [-0.39, 0.29) is 11.3 Å². The van der Waals surface area contributed by atoms with Crippen molar-refractivity contribution in [1.29, 1.82) is 0 Å². The molecule has 2 nitrogen and oxygen atoms in total. The number of halogens is 2. The van der Waals surface area contributed by atoms with Gasteiger partial charge in [-0.15, -0.1) is 0 Å². The smallest absolute Gasteiger partial charge is 0.136 e. The highest BCUT2D eigenvalue weighted by atomic mass is 35.5. The summed E-state index contributed by atoms with van der Waals surface area (Å²) in [5.74, 6) is -0.471. The summed E-state index contributed by atoms with van der Waals surface area (Å²) in [6.07, 6.45) is 0. The monoisotopic (exact) mass is 362 g/mol. The van der Waals surface area contributed by atoms with E-state index in [0.29, 0.717) is 27.1 Å². The molecule has 0 bridgehead atoms. The molecule has 0 aliphatic carbocycles. The Morgan fingerprint density at radius 3 is 2.50 bits per heavy atom. The first-order valence-electron chi connectivity index (χ1n) is 8.15. The van der Waals surface area contributed by atoms with Crippen LogP contribution in [0.5, 0.6) is 5.75 Å². The zero-order valence-corrected chi connectivity index (χ0v) is 14.2. The maximum absolute atomic E-state index is 14.6. The number of benzene rings is 4. The number of phenols is 1. The first-order valence-corrected chi connectivity index (χ1v) is 8.52. The third-order valence-electron chi connectivity index (χ3n) is 4.70. The van der Waals surface area contributed by atoms with E-state index in [1.807, 2.05) is 36.4 Å². The van der Waals surface area contributed by atoms with E-state index < -0.39 is 5.82 Å². The molecule has 0 saturated carbocycles. The lowest BCUT2D eigenvalue weighted by atomic mass is 9.95. The average Bonchev–Trinajstić information content (AvgIpc) is 3.03. The predicted octanol–water partition coefficient (Wildman–Crippen LogP) is 6.90. The van der Waals surface area contributed by atoms with Crippen LogP contribution < -0.4 is 0 Å². The molecule has 0 radical (unpaired) electrons. The van der Waals surface area contributed by atoms with Crippen molar-refractivity contribution < 1.29 is 13.9 Å². The van der Waals surface area contributed by atoms with Crippen molar-refractivity contribution in [1.82, 2.24) is 0 Å². The summed E-state index contributed by atoms with van der Waals surface area (Å²) < 4.78 is 20.6. The highest BCUT2D eigenvalue weighted by molar-refractivity contribution is 6.31. The van der Waals surface area contributed by atoms with Gasteiger partial charge in [-0.25, -0.2) is 4.39 Å². The molecular formula is C22H12ClFO2. The number of fused-ring (bicyclic) bond motifs is 5. The van der Waals surface area contributed by atoms with Crippen LogP contribution in [-0.2, 0) is 0 Å². The predicted molar refractivity (Wildman–Crippen MR) is 103 cm³/mol. The highest BCUT2D eigenvalue weighted by Crippen LogP contribution is 2.45. The summed E-state index contributed by atoms with van der Waals surface area (Å²) in [4.78, 5) is 0. The molecule has 0 unspecified atom stereocenters. The maximum Gasteiger partial charge on any atom is 0.136 e. The molecule has 26 heavy (non-hydrogen) atoms. The van der Waals surface area contributed by atoms with Crippen LogP contribution in [0.2, 0.25) is 5.02 Å². The quantitative estimate of drug-likeness (QED) is 0.351. The highest BCUT2D eigenvalue weighted by Gasteiger charge is 2.20. The van der Waals surface area contributed by atoms with Crippen LogP contribution in [0.1, 0.15) is 0 Å². The maximum atomic E-state index is 14.6. The summed E-state index contributed by atoms with van der Waals surface area (Å²) in [7, 11) is 0. The lowest BCUT2D eigenvalue weighted by Crippen LogP contribution is -1.87. The van der Waals surface area contributed by atoms with Crippen molar-refractivity contribution >= 4 is 44.3 Å². The number of phenolic OH excluding ortho intramolecular Hbond substituents is 1. The lowest BCUT2D eigenvalue weighted by molar-refractivity contribution is 0.477. The van der Waals surface area contributed by atoms with Crippen LogP contribution in [0.25, 0.3) is 43.8 Å². The molecule has 126 valence electrons. The number of hydrogen-bond acceptors (Lipinski definition) is 2. The van der Waals surface area contributed by atoms with Crippen LogP contribution >= 0.6 is 11.6 Å². The van der Waals surface area contributed by atoms with Gasteiger partial charge in [0.2, 0.25) is 0 Å². The van der Waals surface area contributed by atoms with Gasteiger partial charge in [0.15, 0.2) is 0 Å². The van der Waals surface area contributed by atoms with Crippen molar-refractivity contribution in [3.63, 3.8) is 0 Å². The van der Waals surface area contributed by atoms with E-state index in [1.165, 1.54) is 24.3 Å². The zero-order chi connectivity index (χ0) is 17.8. The minimum atomic E-state index is -0.452. The van der Waals surface area contributed by atoms with Gasteiger partial charge in [0, 0.05) is 26.9 Å². The Morgan fingerprint density at radius 1 is 0.846 bits per heavy atom. The Hall–Kier alpha value is -3.04. The molecule has 0 spiro atoms. The van der Waals surface area contributed by atoms with Gasteiger partial charge in [0.1, 0.15) is 22.7 Å². The SMILES string of the molecule is Oc1ccc2oc3ccc4ccccc4c3c2c1-c1cc(Cl)ccc1F. The summed E-state index contributed by atoms with van der Waals surface area (Å²) in [5, 5.41) is 14.5. The van der Waals surface area contributed by atoms with Crippen molar-refractivity contribution in [3.05, 3.63) is 77.6 Å². The van der Waals surface area contributed by atoms with E-state index in [9.17, 15) is 9.50 Å². The first-order chi connectivity index (χ1) is 12.6. The van der Waals surface area contributed by atoms with Crippen molar-refractivity contribution in [2.75, 3.05) is 0 Å². The van der Waals surface area contributed by atoms with Gasteiger partial charge in [-0.3, -0.25) is 0 Å². The normalized spacial score (nSPS) is 11.6. The molecule has 1 aromatic heterocycles. The zero-order valence-electron chi connectivity index (χ0n) is 13.5. The van der Waals surface area contributed by atoms with Crippen molar-refractivity contribution in [3.8, 4) is 16.9 Å². The second kappa shape index (κ2) is 5.48. The lowest BCUT2D eigenvalue weighted by Gasteiger charge is -2.09. The third kappa shape index (κ3) is 2.11. The number of furan rings is 1. The van der Waals surface area contributed by atoms with Gasteiger partial charge in [-0.2, -0.15) is 0 Å². The van der Waals surface area contributed by atoms with E-state index >= 15 is 0 Å². The molecule has 0 aliphatic rings. The van der Waals surface area contributed by atoms with Crippen LogP contribution in [0.15, 0.2) is 71.1 Å². The van der Waals surface area contributed by atoms with E-state index in [2.05, 4.69) is 0 Å². The summed E-state index contributed by atoms with van der Waals surface area (Å²) >= 11 is 6.09. The summed E-state index contributed by atoms with van der Waals surface area (Å²) in [5.41, 5.74) is 1.91. The Morgan fingerprint density at radius 2 is 1.62 bits per heavy atom. The molecule has 5 aromatic rings. The van der Waals surface area contributed by atoms with Gasteiger partial charge in [0.05, 0.1) is 0 Å². The third-order valence-corrected chi connectivity index (χ3v) is 4.94. The fraction of sp³-hybridized carbons (Fsp3) is 0. The standard InChI is InChI=1S/C22H12ClFO2/c23-13-6-7-16(24)15(11-13)20-17(25)8-10-19-22(20)21-14-4-2-1-3-12(14)5-9-18(21)26-19/h1-11,25H. The largest absolute Gasteiger partial charge is 0.507 e. The number of hydrogen-bond donors (Lipinski definition) is 1. The molecule has 0 saturated heterocycles. The van der Waals surface area contributed by atoms with Crippen LogP contribution in [0.4, 0.5) is 4.39 Å². The Bertz CT molecular complexity index is 1320. The molecule has 4 aromatic carbocycles. The molecule has 1 N–H and O–H groups in total. The molecule has 1 heterocycles. The first kappa shape index (κ1) is 15.2. The van der Waals surface area contributed by atoms with Crippen LogP contribution in [-0.4, -0.2) is 5.11 Å². The fourth-order valence-corrected chi connectivity index (χ4v) is 3.75. The molecule has 4 heteroatoms.